The summed E-state index contributed by atoms with van der Waals surface area (Å²) in [7, 11) is 0. The summed E-state index contributed by atoms with van der Waals surface area (Å²) in [4.78, 5) is 11.2. The number of hydrogen-bond donors (Lipinski definition) is 0. The Bertz CT molecular complexity index is 703. The molecule has 102 valence electrons. The Morgan fingerprint density at radius 1 is 1.15 bits per heavy atom. The molecule has 0 saturated carbocycles. The predicted octanol–water partition coefficient (Wildman–Crippen LogP) is 4.21. The van der Waals surface area contributed by atoms with Crippen LogP contribution in [0.1, 0.15) is 21.5 Å². The number of rotatable bonds is 2. The Balaban J connectivity index is 2.03. The lowest BCUT2D eigenvalue weighted by Gasteiger charge is -2.29. The van der Waals surface area contributed by atoms with Crippen molar-refractivity contribution in [2.75, 3.05) is 0 Å². The molecule has 1 aliphatic rings. The second kappa shape index (κ2) is 4.10. The van der Waals surface area contributed by atoms with E-state index in [1.54, 1.807) is 6.92 Å². The summed E-state index contributed by atoms with van der Waals surface area (Å²) in [6.07, 6.45) is 0. The summed E-state index contributed by atoms with van der Waals surface area (Å²) in [6, 6.07) is 8.03. The Hall–Kier alpha value is -2.30. The average molecular weight is 278 g/mol. The number of fused-ring (bicyclic) bond motifs is 1. The first kappa shape index (κ1) is 12.7. The zero-order valence-corrected chi connectivity index (χ0v) is 10.4. The van der Waals surface area contributed by atoms with Crippen LogP contribution in [0.5, 0.6) is 11.5 Å². The van der Waals surface area contributed by atoms with Gasteiger partial charge in [-0.3, -0.25) is 4.79 Å². The number of aryl methyl sites for hydroxylation is 1. The monoisotopic (exact) mass is 278 g/mol. The van der Waals surface area contributed by atoms with Gasteiger partial charge in [-0.2, -0.15) is 8.78 Å². The van der Waals surface area contributed by atoms with Gasteiger partial charge in [0.15, 0.2) is 0 Å². The van der Waals surface area contributed by atoms with Crippen LogP contribution in [0.15, 0.2) is 36.4 Å². The highest BCUT2D eigenvalue weighted by atomic mass is 19.3. The normalized spacial score (nSPS) is 15.5. The molecule has 0 fully saturated rings. The van der Waals surface area contributed by atoms with Crippen LogP contribution in [0.25, 0.3) is 0 Å². The van der Waals surface area contributed by atoms with Gasteiger partial charge in [0.2, 0.25) is 5.78 Å². The van der Waals surface area contributed by atoms with E-state index in [4.69, 9.17) is 4.74 Å². The second-order valence-electron chi connectivity index (χ2n) is 4.65. The van der Waals surface area contributed by atoms with E-state index in [1.807, 2.05) is 0 Å². The summed E-state index contributed by atoms with van der Waals surface area (Å²) in [5.41, 5.74) is 0.116. The summed E-state index contributed by atoms with van der Waals surface area (Å²) >= 11 is 0. The van der Waals surface area contributed by atoms with Crippen molar-refractivity contribution in [1.82, 2.24) is 0 Å². The molecule has 0 bridgehead atoms. The van der Waals surface area contributed by atoms with Crippen molar-refractivity contribution in [3.63, 3.8) is 0 Å². The maximum atomic E-state index is 13.5. The molecule has 0 atom stereocenters. The van der Waals surface area contributed by atoms with Gasteiger partial charge in [0.05, 0.1) is 5.56 Å². The molecule has 2 aromatic rings. The number of ether oxygens (including phenoxy) is 1. The van der Waals surface area contributed by atoms with Gasteiger partial charge in [-0.25, -0.2) is 4.39 Å². The molecular weight excluding hydrogens is 269 g/mol. The summed E-state index contributed by atoms with van der Waals surface area (Å²) in [6.45, 7) is 1.66. The molecule has 0 amide bonds. The van der Waals surface area contributed by atoms with Crippen LogP contribution in [0, 0.1) is 12.7 Å². The van der Waals surface area contributed by atoms with Crippen LogP contribution in [0.3, 0.4) is 0 Å². The Morgan fingerprint density at radius 3 is 2.60 bits per heavy atom. The molecule has 0 spiro atoms. The first-order valence-electron chi connectivity index (χ1n) is 5.91. The largest absolute Gasteiger partial charge is 0.457 e. The maximum Gasteiger partial charge on any atom is 0.339 e. The van der Waals surface area contributed by atoms with Crippen molar-refractivity contribution in [2.45, 2.75) is 12.8 Å². The number of carbonyl (C=O) groups is 1. The first-order chi connectivity index (χ1) is 9.39. The summed E-state index contributed by atoms with van der Waals surface area (Å²) in [5, 5.41) is 0. The average Bonchev–Trinajstić information content (AvgIpc) is 2.36. The molecule has 1 aliphatic carbocycles. The van der Waals surface area contributed by atoms with Gasteiger partial charge in [0.1, 0.15) is 17.3 Å². The second-order valence-corrected chi connectivity index (χ2v) is 4.65. The molecule has 0 N–H and O–H groups in total. The number of ketones is 1. The van der Waals surface area contributed by atoms with E-state index >= 15 is 0 Å². The molecule has 0 saturated heterocycles. The van der Waals surface area contributed by atoms with Crippen LogP contribution in [0.4, 0.5) is 13.2 Å². The van der Waals surface area contributed by atoms with E-state index in [0.29, 0.717) is 5.56 Å². The van der Waals surface area contributed by atoms with Gasteiger partial charge in [-0.1, -0.05) is 12.1 Å². The molecule has 0 heterocycles. The quantitative estimate of drug-likeness (QED) is 0.822. The number of alkyl halides is 2. The molecule has 0 aromatic heterocycles. The minimum atomic E-state index is -3.53. The van der Waals surface area contributed by atoms with Crippen LogP contribution in [-0.4, -0.2) is 5.78 Å². The summed E-state index contributed by atoms with van der Waals surface area (Å²) < 4.78 is 45.7. The minimum absolute atomic E-state index is 0.0550. The van der Waals surface area contributed by atoms with Gasteiger partial charge in [-0.15, -0.1) is 0 Å². The Labute approximate surface area is 112 Å². The zero-order valence-electron chi connectivity index (χ0n) is 10.4. The highest BCUT2D eigenvalue weighted by molar-refractivity contribution is 6.12. The molecule has 2 aromatic carbocycles. The molecule has 2 nitrogen and oxygen atoms in total. The van der Waals surface area contributed by atoms with Crippen molar-refractivity contribution < 1.29 is 22.7 Å². The van der Waals surface area contributed by atoms with E-state index in [9.17, 15) is 18.0 Å². The Morgan fingerprint density at radius 2 is 1.90 bits per heavy atom. The van der Waals surface area contributed by atoms with Crippen molar-refractivity contribution >= 4 is 5.78 Å². The lowest BCUT2D eigenvalue weighted by molar-refractivity contribution is -0.00782. The lowest BCUT2D eigenvalue weighted by Crippen LogP contribution is -2.38. The molecule has 20 heavy (non-hydrogen) atoms. The molecule has 5 heteroatoms. The molecular formula is C15H9F3O2. The van der Waals surface area contributed by atoms with E-state index in [1.165, 1.54) is 30.3 Å². The third-order valence-electron chi connectivity index (χ3n) is 3.11. The molecule has 0 radical (unpaired) electrons. The topological polar surface area (TPSA) is 26.3 Å². The SMILES string of the molecule is Cc1cc(F)cc(Oc2cccc3c2C(F)(F)C3=O)c1. The number of carbonyl (C=O) groups excluding carboxylic acids is 1. The van der Waals surface area contributed by atoms with E-state index in [0.717, 1.165) is 6.07 Å². The molecule has 3 rings (SSSR count). The third-order valence-corrected chi connectivity index (χ3v) is 3.11. The Kier molecular flexibility index (Phi) is 2.61. The fourth-order valence-corrected chi connectivity index (χ4v) is 2.24. The van der Waals surface area contributed by atoms with Crippen LogP contribution in [0.2, 0.25) is 0 Å². The highest BCUT2D eigenvalue weighted by Gasteiger charge is 2.55. The predicted molar refractivity (Wildman–Crippen MR) is 65.9 cm³/mol. The smallest absolute Gasteiger partial charge is 0.339 e. The molecule has 0 aliphatic heterocycles. The highest BCUT2D eigenvalue weighted by Crippen LogP contribution is 2.49. The van der Waals surface area contributed by atoms with Gasteiger partial charge < -0.3 is 4.74 Å². The van der Waals surface area contributed by atoms with Crippen molar-refractivity contribution in [1.29, 1.82) is 0 Å². The van der Waals surface area contributed by atoms with Crippen molar-refractivity contribution in [3.8, 4) is 11.5 Å². The minimum Gasteiger partial charge on any atom is -0.457 e. The van der Waals surface area contributed by atoms with Gasteiger partial charge in [0.25, 0.3) is 0 Å². The number of Topliss-reactive ketones (excluding diaryl/α,β-unsaturated/α-hetero) is 1. The maximum absolute atomic E-state index is 13.5. The van der Waals surface area contributed by atoms with Crippen LogP contribution < -0.4 is 4.74 Å². The number of benzene rings is 2. The fraction of sp³-hybridized carbons (Fsp3) is 0.133. The first-order valence-corrected chi connectivity index (χ1v) is 5.91. The third kappa shape index (κ3) is 1.78. The number of hydrogen-bond acceptors (Lipinski definition) is 2. The van der Waals surface area contributed by atoms with E-state index in [-0.39, 0.29) is 17.1 Å². The summed E-state index contributed by atoms with van der Waals surface area (Å²) in [5.74, 6) is -5.27. The molecule has 0 unspecified atom stereocenters. The zero-order chi connectivity index (χ0) is 14.5. The fourth-order valence-electron chi connectivity index (χ4n) is 2.24. The van der Waals surface area contributed by atoms with Crippen LogP contribution in [-0.2, 0) is 5.92 Å². The standard InChI is InChI=1S/C15H9F3O2/c1-8-5-9(16)7-10(6-8)20-12-4-2-3-11-13(12)15(17,18)14(11)19/h2-7H,1H3. The van der Waals surface area contributed by atoms with Gasteiger partial charge >= 0.3 is 5.92 Å². The number of halogens is 3. The van der Waals surface area contributed by atoms with E-state index < -0.39 is 23.1 Å². The van der Waals surface area contributed by atoms with Gasteiger partial charge in [-0.05, 0) is 30.7 Å². The van der Waals surface area contributed by atoms with Crippen molar-refractivity contribution in [2.24, 2.45) is 0 Å². The van der Waals surface area contributed by atoms with E-state index in [2.05, 4.69) is 0 Å². The van der Waals surface area contributed by atoms with Gasteiger partial charge in [0, 0.05) is 11.6 Å². The van der Waals surface area contributed by atoms with Crippen LogP contribution >= 0.6 is 0 Å². The van der Waals surface area contributed by atoms with Crippen molar-refractivity contribution in [3.05, 3.63) is 58.9 Å². The lowest BCUT2D eigenvalue weighted by atomic mass is 9.82.